The molecule has 132 valence electrons. The number of aromatic nitrogens is 1. The fourth-order valence-corrected chi connectivity index (χ4v) is 4.77. The van der Waals surface area contributed by atoms with Crippen molar-refractivity contribution in [3.05, 3.63) is 62.3 Å². The first-order chi connectivity index (χ1) is 12.5. The minimum absolute atomic E-state index is 0.270. The molecule has 4 rings (SSSR count). The predicted molar refractivity (Wildman–Crippen MR) is 102 cm³/mol. The largest absolute Gasteiger partial charge is 0.365 e. The number of aromatic amines is 1. The van der Waals surface area contributed by atoms with E-state index in [-0.39, 0.29) is 11.1 Å². The molecule has 0 unspecified atom stereocenters. The van der Waals surface area contributed by atoms with E-state index < -0.39 is 11.8 Å². The van der Waals surface area contributed by atoms with E-state index in [2.05, 4.69) is 10.3 Å². The summed E-state index contributed by atoms with van der Waals surface area (Å²) in [4.78, 5) is 40.5. The van der Waals surface area contributed by atoms with Gasteiger partial charge in [0.15, 0.2) is 0 Å². The molecular weight excluding hydrogens is 350 g/mol. The number of anilines is 1. The number of aryl methyl sites for hydroxylation is 1. The zero-order chi connectivity index (χ0) is 18.3. The van der Waals surface area contributed by atoms with E-state index >= 15 is 0 Å². The van der Waals surface area contributed by atoms with Gasteiger partial charge < -0.3 is 16.0 Å². The van der Waals surface area contributed by atoms with Crippen LogP contribution in [0.1, 0.15) is 44.0 Å². The van der Waals surface area contributed by atoms with Crippen molar-refractivity contribution in [3.63, 3.8) is 0 Å². The molecule has 0 saturated carbocycles. The second kappa shape index (κ2) is 6.42. The van der Waals surface area contributed by atoms with Crippen LogP contribution in [-0.4, -0.2) is 16.8 Å². The number of thiophene rings is 1. The van der Waals surface area contributed by atoms with Gasteiger partial charge in [0.05, 0.1) is 11.1 Å². The summed E-state index contributed by atoms with van der Waals surface area (Å²) in [6.45, 7) is 0. The molecule has 1 aliphatic carbocycles. The number of para-hydroxylation sites is 1. The molecule has 2 aromatic heterocycles. The Labute approximate surface area is 153 Å². The van der Waals surface area contributed by atoms with Crippen LogP contribution in [0.2, 0.25) is 0 Å². The molecule has 2 heterocycles. The lowest BCUT2D eigenvalue weighted by molar-refractivity contribution is 0.100. The Hall–Kier alpha value is -2.93. The number of fused-ring (bicyclic) bond motifs is 2. The number of nitrogens with one attached hydrogen (secondary N) is 2. The maximum atomic E-state index is 12.9. The Bertz CT molecular complexity index is 1100. The molecule has 2 amide bonds. The first-order valence-corrected chi connectivity index (χ1v) is 9.24. The Morgan fingerprint density at radius 3 is 2.73 bits per heavy atom. The minimum atomic E-state index is -0.532. The van der Waals surface area contributed by atoms with Gasteiger partial charge in [-0.1, -0.05) is 18.2 Å². The van der Waals surface area contributed by atoms with E-state index in [9.17, 15) is 14.4 Å². The molecule has 3 aromatic rings. The topological polar surface area (TPSA) is 105 Å². The quantitative estimate of drug-likeness (QED) is 0.663. The summed E-state index contributed by atoms with van der Waals surface area (Å²) in [7, 11) is 0. The lowest BCUT2D eigenvalue weighted by Gasteiger charge is -2.11. The molecular formula is C19H17N3O3S. The van der Waals surface area contributed by atoms with E-state index in [1.165, 1.54) is 17.4 Å². The van der Waals surface area contributed by atoms with E-state index in [1.807, 2.05) is 0 Å². The smallest absolute Gasteiger partial charge is 0.257 e. The van der Waals surface area contributed by atoms with Gasteiger partial charge in [0.25, 0.3) is 11.8 Å². The number of carbonyl (C=O) groups is 2. The predicted octanol–water partition coefficient (Wildman–Crippen LogP) is 2.82. The van der Waals surface area contributed by atoms with Crippen LogP contribution in [0, 0.1) is 0 Å². The number of pyridine rings is 1. The van der Waals surface area contributed by atoms with E-state index in [1.54, 1.807) is 24.3 Å². The normalized spacial score (nSPS) is 13.4. The third-order valence-electron chi connectivity index (χ3n) is 4.64. The third-order valence-corrected chi connectivity index (χ3v) is 5.85. The highest BCUT2D eigenvalue weighted by Crippen LogP contribution is 2.38. The van der Waals surface area contributed by atoms with Gasteiger partial charge in [0.1, 0.15) is 5.00 Å². The van der Waals surface area contributed by atoms with Crippen LogP contribution in [0.15, 0.2) is 35.1 Å². The molecule has 0 aliphatic heterocycles. The first-order valence-electron chi connectivity index (χ1n) is 8.42. The van der Waals surface area contributed by atoms with Crippen molar-refractivity contribution in [3.8, 4) is 0 Å². The molecule has 7 heteroatoms. The van der Waals surface area contributed by atoms with Crippen molar-refractivity contribution in [2.75, 3.05) is 5.32 Å². The summed E-state index contributed by atoms with van der Waals surface area (Å²) in [5, 5.41) is 3.93. The summed E-state index contributed by atoms with van der Waals surface area (Å²) >= 11 is 1.40. The van der Waals surface area contributed by atoms with Gasteiger partial charge in [-0.05, 0) is 37.3 Å². The number of primary amides is 1. The highest BCUT2D eigenvalue weighted by molar-refractivity contribution is 7.17. The number of carbonyl (C=O) groups excluding carboxylic acids is 2. The van der Waals surface area contributed by atoms with Crippen molar-refractivity contribution in [2.45, 2.75) is 25.7 Å². The van der Waals surface area contributed by atoms with Crippen LogP contribution < -0.4 is 16.6 Å². The number of nitrogens with two attached hydrogens (primary N) is 1. The summed E-state index contributed by atoms with van der Waals surface area (Å²) in [5.41, 5.74) is 7.45. The van der Waals surface area contributed by atoms with Gasteiger partial charge in [0.2, 0.25) is 5.56 Å². The standard InChI is InChI=1S/C19H17N3O3S/c20-17(24)16-11-6-2-4-8-14(11)26-19(16)22-18(25)12-9-15(23)21-13-7-3-1-5-10(12)13/h1,3,5,7,9H,2,4,6,8H2,(H2,20,24)(H,21,23)(H,22,25). The lowest BCUT2D eigenvalue weighted by atomic mass is 9.95. The number of H-pyrrole nitrogens is 1. The van der Waals surface area contributed by atoms with Crippen LogP contribution in [0.3, 0.4) is 0 Å². The molecule has 0 atom stereocenters. The average Bonchev–Trinajstić information content (AvgIpc) is 2.98. The van der Waals surface area contributed by atoms with Gasteiger partial charge in [-0.25, -0.2) is 0 Å². The molecule has 26 heavy (non-hydrogen) atoms. The molecule has 0 saturated heterocycles. The van der Waals surface area contributed by atoms with Crippen molar-refractivity contribution < 1.29 is 9.59 Å². The van der Waals surface area contributed by atoms with Crippen molar-refractivity contribution in [1.82, 2.24) is 4.98 Å². The number of amides is 2. The molecule has 1 aromatic carbocycles. The van der Waals surface area contributed by atoms with Crippen LogP contribution in [0.5, 0.6) is 0 Å². The van der Waals surface area contributed by atoms with Crippen LogP contribution in [-0.2, 0) is 12.8 Å². The maximum absolute atomic E-state index is 12.9. The highest BCUT2D eigenvalue weighted by Gasteiger charge is 2.25. The van der Waals surface area contributed by atoms with Gasteiger partial charge in [-0.2, -0.15) is 0 Å². The van der Waals surface area contributed by atoms with E-state index in [4.69, 9.17) is 5.73 Å². The minimum Gasteiger partial charge on any atom is -0.365 e. The SMILES string of the molecule is NC(=O)c1c(NC(=O)c2cc(=O)[nH]c3ccccc23)sc2c1CCCC2. The molecule has 0 bridgehead atoms. The van der Waals surface area contributed by atoms with Crippen LogP contribution in [0.4, 0.5) is 5.00 Å². The molecule has 6 nitrogen and oxygen atoms in total. The Morgan fingerprint density at radius 2 is 1.92 bits per heavy atom. The van der Waals surface area contributed by atoms with Crippen molar-refractivity contribution in [2.24, 2.45) is 5.73 Å². The fraction of sp³-hybridized carbons (Fsp3) is 0.211. The van der Waals surface area contributed by atoms with Crippen molar-refractivity contribution in [1.29, 1.82) is 0 Å². The zero-order valence-corrected chi connectivity index (χ0v) is 14.7. The number of hydrogen-bond acceptors (Lipinski definition) is 4. The third kappa shape index (κ3) is 2.80. The average molecular weight is 367 g/mol. The summed E-state index contributed by atoms with van der Waals surface area (Å²) in [6.07, 6.45) is 3.77. The molecule has 0 radical (unpaired) electrons. The van der Waals surface area contributed by atoms with E-state index in [0.717, 1.165) is 36.1 Å². The van der Waals surface area contributed by atoms with Crippen molar-refractivity contribution >= 4 is 39.1 Å². The van der Waals surface area contributed by atoms with Crippen LogP contribution in [0.25, 0.3) is 10.9 Å². The van der Waals surface area contributed by atoms with Gasteiger partial charge in [0, 0.05) is 21.8 Å². The van der Waals surface area contributed by atoms with Gasteiger partial charge in [-0.3, -0.25) is 14.4 Å². The molecule has 4 N–H and O–H groups in total. The first kappa shape index (κ1) is 16.5. The highest BCUT2D eigenvalue weighted by atomic mass is 32.1. The Kier molecular flexibility index (Phi) is 4.08. The Balaban J connectivity index is 1.77. The molecule has 0 fully saturated rings. The summed E-state index contributed by atoms with van der Waals surface area (Å²) in [6, 6.07) is 8.38. The van der Waals surface area contributed by atoms with Gasteiger partial charge >= 0.3 is 0 Å². The second-order valence-electron chi connectivity index (χ2n) is 6.33. The van der Waals surface area contributed by atoms with E-state index in [0.29, 0.717) is 21.5 Å². The lowest BCUT2D eigenvalue weighted by Crippen LogP contribution is -2.20. The Morgan fingerprint density at radius 1 is 1.15 bits per heavy atom. The summed E-state index contributed by atoms with van der Waals surface area (Å²) in [5.74, 6) is -0.955. The second-order valence-corrected chi connectivity index (χ2v) is 7.43. The zero-order valence-electron chi connectivity index (χ0n) is 13.9. The molecule has 1 aliphatic rings. The van der Waals surface area contributed by atoms with Gasteiger partial charge in [-0.15, -0.1) is 11.3 Å². The summed E-state index contributed by atoms with van der Waals surface area (Å²) < 4.78 is 0. The number of benzene rings is 1. The maximum Gasteiger partial charge on any atom is 0.257 e. The molecule has 0 spiro atoms. The number of rotatable bonds is 3. The number of hydrogen-bond donors (Lipinski definition) is 3. The van der Waals surface area contributed by atoms with Crippen LogP contribution >= 0.6 is 11.3 Å². The monoisotopic (exact) mass is 367 g/mol. The fourth-order valence-electron chi connectivity index (χ4n) is 3.48.